The highest BCUT2D eigenvalue weighted by Crippen LogP contribution is 2.27. The van der Waals surface area contributed by atoms with Crippen molar-refractivity contribution in [3.8, 4) is 5.75 Å². The molecule has 2 rings (SSSR count). The van der Waals surface area contributed by atoms with Crippen LogP contribution < -0.4 is 5.32 Å². The lowest BCUT2D eigenvalue weighted by molar-refractivity contribution is 0.0769. The first kappa shape index (κ1) is 9.77. The van der Waals surface area contributed by atoms with Crippen molar-refractivity contribution in [2.24, 2.45) is 0 Å². The lowest BCUT2D eigenvalue weighted by Crippen LogP contribution is -2.34. The molecule has 1 aromatic rings. The Labute approximate surface area is 87.6 Å². The fourth-order valence-corrected chi connectivity index (χ4v) is 1.87. The molecule has 3 nitrogen and oxygen atoms in total. The number of aromatic hydroxyl groups is 1. The van der Waals surface area contributed by atoms with Gasteiger partial charge in [-0.05, 0) is 17.7 Å². The molecule has 0 spiro atoms. The molecule has 1 fully saturated rings. The van der Waals surface area contributed by atoms with Gasteiger partial charge in [-0.2, -0.15) is 0 Å². The minimum atomic E-state index is 0.136. The molecule has 0 bridgehead atoms. The molecule has 1 aliphatic rings. The lowest BCUT2D eigenvalue weighted by atomic mass is 10.1. The van der Waals surface area contributed by atoms with Gasteiger partial charge < -0.3 is 15.2 Å². The van der Waals surface area contributed by atoms with Crippen molar-refractivity contribution in [2.45, 2.75) is 6.04 Å². The van der Waals surface area contributed by atoms with Crippen molar-refractivity contribution in [1.82, 2.24) is 5.32 Å². The first-order valence-electron chi connectivity index (χ1n) is 4.57. The Balaban J connectivity index is 2.22. The van der Waals surface area contributed by atoms with E-state index in [0.29, 0.717) is 11.6 Å². The molecule has 1 unspecified atom stereocenters. The molecular formula is C10H12ClNO2. The maximum atomic E-state index is 9.20. The molecular weight excluding hydrogens is 202 g/mol. The van der Waals surface area contributed by atoms with Gasteiger partial charge in [0.25, 0.3) is 0 Å². The molecule has 76 valence electrons. The van der Waals surface area contributed by atoms with E-state index in [9.17, 15) is 5.11 Å². The van der Waals surface area contributed by atoms with Gasteiger partial charge in [0.15, 0.2) is 0 Å². The van der Waals surface area contributed by atoms with Gasteiger partial charge in [0.1, 0.15) is 5.75 Å². The lowest BCUT2D eigenvalue weighted by Gasteiger charge is -2.24. The minimum absolute atomic E-state index is 0.136. The number of ether oxygens (including phenoxy) is 1. The zero-order chi connectivity index (χ0) is 9.97. The summed E-state index contributed by atoms with van der Waals surface area (Å²) in [5.74, 6) is 0.190. The van der Waals surface area contributed by atoms with Gasteiger partial charge >= 0.3 is 0 Å². The Hall–Kier alpha value is -0.770. The van der Waals surface area contributed by atoms with E-state index in [1.54, 1.807) is 12.1 Å². The van der Waals surface area contributed by atoms with E-state index in [1.165, 1.54) is 0 Å². The molecule has 1 saturated heterocycles. The monoisotopic (exact) mass is 213 g/mol. The van der Waals surface area contributed by atoms with Gasteiger partial charge in [0.05, 0.1) is 19.3 Å². The third-order valence-electron chi connectivity index (χ3n) is 2.28. The summed E-state index contributed by atoms with van der Waals surface area (Å²) in [6, 6.07) is 5.14. The highest BCUT2D eigenvalue weighted by molar-refractivity contribution is 6.31. The van der Waals surface area contributed by atoms with E-state index in [2.05, 4.69) is 5.32 Å². The van der Waals surface area contributed by atoms with Crippen molar-refractivity contribution in [2.75, 3.05) is 19.8 Å². The zero-order valence-electron chi connectivity index (χ0n) is 7.66. The fourth-order valence-electron chi connectivity index (χ4n) is 1.56. The molecule has 14 heavy (non-hydrogen) atoms. The van der Waals surface area contributed by atoms with E-state index < -0.39 is 0 Å². The molecule has 2 N–H and O–H groups in total. The molecule has 1 atom stereocenters. The second-order valence-corrected chi connectivity index (χ2v) is 3.69. The summed E-state index contributed by atoms with van der Waals surface area (Å²) in [7, 11) is 0. The van der Waals surface area contributed by atoms with E-state index in [0.717, 1.165) is 18.7 Å². The summed E-state index contributed by atoms with van der Waals surface area (Å²) in [6.45, 7) is 2.21. The van der Waals surface area contributed by atoms with Crippen LogP contribution in [-0.4, -0.2) is 24.9 Å². The third-order valence-corrected chi connectivity index (χ3v) is 2.61. The predicted molar refractivity (Wildman–Crippen MR) is 54.7 cm³/mol. The largest absolute Gasteiger partial charge is 0.508 e. The minimum Gasteiger partial charge on any atom is -0.508 e. The van der Waals surface area contributed by atoms with Gasteiger partial charge in [0, 0.05) is 11.6 Å². The highest BCUT2D eigenvalue weighted by Gasteiger charge is 2.17. The van der Waals surface area contributed by atoms with E-state index in [4.69, 9.17) is 16.3 Å². The zero-order valence-corrected chi connectivity index (χ0v) is 8.42. The van der Waals surface area contributed by atoms with Gasteiger partial charge in [-0.25, -0.2) is 0 Å². The second kappa shape index (κ2) is 4.17. The van der Waals surface area contributed by atoms with Crippen LogP contribution in [-0.2, 0) is 4.74 Å². The Bertz CT molecular complexity index is 324. The summed E-state index contributed by atoms with van der Waals surface area (Å²) in [6.07, 6.45) is 0. The first-order valence-corrected chi connectivity index (χ1v) is 4.95. The summed E-state index contributed by atoms with van der Waals surface area (Å²) >= 11 is 6.01. The van der Waals surface area contributed by atoms with Crippen LogP contribution in [0.1, 0.15) is 11.6 Å². The summed E-state index contributed by atoms with van der Waals surface area (Å²) < 4.78 is 5.34. The van der Waals surface area contributed by atoms with Crippen LogP contribution in [0, 0.1) is 0 Å². The molecule has 4 heteroatoms. The predicted octanol–water partition coefficient (Wildman–Crippen LogP) is 1.71. The molecule has 1 heterocycles. The van der Waals surface area contributed by atoms with Crippen LogP contribution in [0.25, 0.3) is 0 Å². The number of morpholine rings is 1. The van der Waals surface area contributed by atoms with E-state index >= 15 is 0 Å². The van der Waals surface area contributed by atoms with Crippen LogP contribution in [0.5, 0.6) is 5.75 Å². The molecule has 0 amide bonds. The Morgan fingerprint density at radius 3 is 3.00 bits per heavy atom. The number of hydrogen-bond acceptors (Lipinski definition) is 3. The third kappa shape index (κ3) is 2.00. The molecule has 0 saturated carbocycles. The average molecular weight is 214 g/mol. The fraction of sp³-hybridized carbons (Fsp3) is 0.400. The van der Waals surface area contributed by atoms with E-state index in [1.807, 2.05) is 6.07 Å². The Morgan fingerprint density at radius 2 is 2.36 bits per heavy atom. The van der Waals surface area contributed by atoms with Crippen molar-refractivity contribution in [3.63, 3.8) is 0 Å². The van der Waals surface area contributed by atoms with Gasteiger partial charge in [-0.15, -0.1) is 0 Å². The molecule has 1 aromatic carbocycles. The Kier molecular flexibility index (Phi) is 2.91. The number of halogens is 1. The quantitative estimate of drug-likeness (QED) is 0.746. The highest BCUT2D eigenvalue weighted by atomic mass is 35.5. The molecule has 1 aliphatic heterocycles. The SMILES string of the molecule is Oc1ccc(C2COCCN2)c(Cl)c1. The van der Waals surface area contributed by atoms with Crippen LogP contribution >= 0.6 is 11.6 Å². The number of rotatable bonds is 1. The number of benzene rings is 1. The van der Waals surface area contributed by atoms with Gasteiger partial charge in [0.2, 0.25) is 0 Å². The van der Waals surface area contributed by atoms with Crippen molar-refractivity contribution in [1.29, 1.82) is 0 Å². The number of hydrogen-bond donors (Lipinski definition) is 2. The van der Waals surface area contributed by atoms with Crippen molar-refractivity contribution >= 4 is 11.6 Å². The van der Waals surface area contributed by atoms with E-state index in [-0.39, 0.29) is 11.8 Å². The summed E-state index contributed by atoms with van der Waals surface area (Å²) in [5, 5.41) is 13.1. The Morgan fingerprint density at radius 1 is 1.50 bits per heavy atom. The van der Waals surface area contributed by atoms with Gasteiger partial charge in [-0.3, -0.25) is 0 Å². The number of phenolic OH excluding ortho intramolecular Hbond substituents is 1. The summed E-state index contributed by atoms with van der Waals surface area (Å²) in [5.41, 5.74) is 0.976. The van der Waals surface area contributed by atoms with Crippen LogP contribution in [0.3, 0.4) is 0 Å². The molecule has 0 aliphatic carbocycles. The summed E-state index contributed by atoms with van der Waals surface area (Å²) in [4.78, 5) is 0. The van der Waals surface area contributed by atoms with Gasteiger partial charge in [-0.1, -0.05) is 17.7 Å². The second-order valence-electron chi connectivity index (χ2n) is 3.29. The number of phenols is 1. The normalized spacial score (nSPS) is 22.2. The van der Waals surface area contributed by atoms with Crippen molar-refractivity contribution < 1.29 is 9.84 Å². The van der Waals surface area contributed by atoms with Crippen LogP contribution in [0.4, 0.5) is 0 Å². The van der Waals surface area contributed by atoms with Crippen molar-refractivity contribution in [3.05, 3.63) is 28.8 Å². The molecule has 0 radical (unpaired) electrons. The standard InChI is InChI=1S/C10H12ClNO2/c11-9-5-7(13)1-2-8(9)10-6-14-4-3-12-10/h1-2,5,10,12-13H,3-4,6H2. The van der Waals surface area contributed by atoms with Crippen LogP contribution in [0.15, 0.2) is 18.2 Å². The first-order chi connectivity index (χ1) is 6.77. The maximum absolute atomic E-state index is 9.20. The molecule has 0 aromatic heterocycles. The maximum Gasteiger partial charge on any atom is 0.117 e. The van der Waals surface area contributed by atoms with Crippen LogP contribution in [0.2, 0.25) is 5.02 Å². The number of nitrogens with one attached hydrogen (secondary N) is 1. The average Bonchev–Trinajstić information content (AvgIpc) is 2.19. The topological polar surface area (TPSA) is 41.5 Å². The smallest absolute Gasteiger partial charge is 0.117 e.